The predicted molar refractivity (Wildman–Crippen MR) is 41.9 cm³/mol. The van der Waals surface area contributed by atoms with E-state index in [1.165, 1.54) is 0 Å². The summed E-state index contributed by atoms with van der Waals surface area (Å²) in [6.45, 7) is 3.39. The number of rotatable bonds is 3. The minimum atomic E-state index is -0.408. The minimum Gasteiger partial charge on any atom is -0.402 e. The molecule has 0 bridgehead atoms. The number of halogens is 1. The summed E-state index contributed by atoms with van der Waals surface area (Å²) >= 11 is 0. The molecule has 0 radical (unpaired) electrons. The Bertz CT molecular complexity index is 146. The monoisotopic (exact) mass is 144 g/mol. The Morgan fingerprint density at radius 2 is 2.20 bits per heavy atom. The second kappa shape index (κ2) is 4.97. The zero-order valence-electron chi connectivity index (χ0n) is 6.39. The van der Waals surface area contributed by atoms with Crippen LogP contribution in [0.2, 0.25) is 0 Å². The smallest absolute Gasteiger partial charge is 0.109 e. The lowest BCUT2D eigenvalue weighted by molar-refractivity contribution is 0.505. The molecule has 0 amide bonds. The molecule has 0 saturated carbocycles. The summed E-state index contributed by atoms with van der Waals surface area (Å²) in [5, 5.41) is 0. The van der Waals surface area contributed by atoms with Crippen LogP contribution in [0.3, 0.4) is 0 Å². The minimum absolute atomic E-state index is 0.232. The highest BCUT2D eigenvalue weighted by atomic mass is 19.1. The summed E-state index contributed by atoms with van der Waals surface area (Å²) in [5.41, 5.74) is 6.82. The lowest BCUT2D eigenvalue weighted by Gasteiger charge is -1.91. The van der Waals surface area contributed by atoms with Gasteiger partial charge in [-0.25, -0.2) is 4.39 Å². The summed E-state index contributed by atoms with van der Waals surface area (Å²) in [6.07, 6.45) is 1.72. The summed E-state index contributed by atoms with van der Waals surface area (Å²) in [6, 6.07) is 0. The second-order valence-corrected chi connectivity index (χ2v) is 2.10. The lowest BCUT2D eigenvalue weighted by atomic mass is 10.3. The summed E-state index contributed by atoms with van der Waals surface area (Å²) in [4.78, 5) is 3.87. The fourth-order valence-electron chi connectivity index (χ4n) is 0.594. The molecular weight excluding hydrogens is 131 g/mol. The molecule has 0 aromatic rings. The van der Waals surface area contributed by atoms with E-state index in [1.807, 2.05) is 0 Å². The molecule has 3 heteroatoms. The fourth-order valence-corrected chi connectivity index (χ4v) is 0.594. The predicted octanol–water partition coefficient (Wildman–Crippen LogP) is 1.28. The van der Waals surface area contributed by atoms with Crippen LogP contribution in [0.25, 0.3) is 0 Å². The highest BCUT2D eigenvalue weighted by molar-refractivity contribution is 5.93. The molecule has 2 N–H and O–H groups in total. The topological polar surface area (TPSA) is 38.4 Å². The van der Waals surface area contributed by atoms with Gasteiger partial charge in [-0.05, 0) is 19.9 Å². The van der Waals surface area contributed by atoms with Crippen molar-refractivity contribution < 1.29 is 4.39 Å². The van der Waals surface area contributed by atoms with Gasteiger partial charge in [-0.2, -0.15) is 0 Å². The third-order valence-corrected chi connectivity index (χ3v) is 0.882. The Morgan fingerprint density at radius 3 is 2.60 bits per heavy atom. The molecule has 0 aliphatic rings. The maximum atomic E-state index is 11.5. The van der Waals surface area contributed by atoms with Gasteiger partial charge in [-0.3, -0.25) is 4.99 Å². The summed E-state index contributed by atoms with van der Waals surface area (Å²) < 4.78 is 11.5. The van der Waals surface area contributed by atoms with Crippen LogP contribution in [0.4, 0.5) is 4.39 Å². The Morgan fingerprint density at radius 1 is 1.60 bits per heavy atom. The Labute approximate surface area is 60.6 Å². The molecule has 0 aliphatic heterocycles. The maximum absolute atomic E-state index is 11.5. The van der Waals surface area contributed by atoms with Crippen LogP contribution in [-0.2, 0) is 0 Å². The first-order valence-electron chi connectivity index (χ1n) is 3.17. The van der Waals surface area contributed by atoms with E-state index in [1.54, 1.807) is 19.9 Å². The average Bonchev–Trinajstić information content (AvgIpc) is 1.82. The van der Waals surface area contributed by atoms with E-state index in [0.29, 0.717) is 5.70 Å². The highest BCUT2D eigenvalue weighted by Gasteiger charge is 1.84. The van der Waals surface area contributed by atoms with Crippen LogP contribution < -0.4 is 5.73 Å². The van der Waals surface area contributed by atoms with Crippen LogP contribution in [0.15, 0.2) is 16.8 Å². The van der Waals surface area contributed by atoms with Crippen LogP contribution in [0.5, 0.6) is 0 Å². The van der Waals surface area contributed by atoms with E-state index in [-0.39, 0.29) is 6.54 Å². The molecular formula is C7H13FN2. The largest absolute Gasteiger partial charge is 0.402 e. The maximum Gasteiger partial charge on any atom is 0.109 e. The molecule has 0 aromatic heterocycles. The van der Waals surface area contributed by atoms with Crippen LogP contribution in [0, 0.1) is 0 Å². The quantitative estimate of drug-likeness (QED) is 0.595. The lowest BCUT2D eigenvalue weighted by Crippen LogP contribution is -1.96. The van der Waals surface area contributed by atoms with Gasteiger partial charge in [0.25, 0.3) is 0 Å². The van der Waals surface area contributed by atoms with Crippen LogP contribution in [-0.4, -0.2) is 18.9 Å². The molecule has 10 heavy (non-hydrogen) atoms. The molecule has 0 spiro atoms. The van der Waals surface area contributed by atoms with Crippen molar-refractivity contribution in [3.8, 4) is 0 Å². The summed E-state index contributed by atoms with van der Waals surface area (Å²) in [7, 11) is 0. The Balaban J connectivity index is 3.82. The fraction of sp³-hybridized carbons (Fsp3) is 0.571. The molecule has 0 aliphatic carbocycles. The van der Waals surface area contributed by atoms with Gasteiger partial charge in [0.1, 0.15) is 6.67 Å². The molecule has 0 saturated heterocycles. The zero-order valence-corrected chi connectivity index (χ0v) is 6.39. The van der Waals surface area contributed by atoms with Gasteiger partial charge in [0, 0.05) is 11.4 Å². The van der Waals surface area contributed by atoms with Crippen molar-refractivity contribution in [3.63, 3.8) is 0 Å². The number of nitrogens with two attached hydrogens (primary N) is 1. The third kappa shape index (κ3) is 5.28. The number of aliphatic imine (C=N–C) groups is 1. The van der Waals surface area contributed by atoms with Crippen LogP contribution in [0.1, 0.15) is 13.8 Å². The number of alkyl halides is 1. The summed E-state index contributed by atoms with van der Waals surface area (Å²) in [5.74, 6) is 0. The van der Waals surface area contributed by atoms with Crippen LogP contribution >= 0.6 is 0 Å². The number of allylic oxidation sites excluding steroid dienone is 2. The number of hydrogen-bond donors (Lipinski definition) is 1. The van der Waals surface area contributed by atoms with E-state index in [9.17, 15) is 4.39 Å². The van der Waals surface area contributed by atoms with Crippen molar-refractivity contribution in [2.45, 2.75) is 13.8 Å². The molecule has 0 rings (SSSR count). The third-order valence-electron chi connectivity index (χ3n) is 0.882. The van der Waals surface area contributed by atoms with Crippen molar-refractivity contribution in [1.29, 1.82) is 0 Å². The first-order valence-corrected chi connectivity index (χ1v) is 3.17. The highest BCUT2D eigenvalue weighted by Crippen LogP contribution is 1.85. The van der Waals surface area contributed by atoms with E-state index in [2.05, 4.69) is 4.99 Å². The van der Waals surface area contributed by atoms with Crippen molar-refractivity contribution in [2.24, 2.45) is 10.7 Å². The Hall–Kier alpha value is -0.860. The Kier molecular flexibility index (Phi) is 4.54. The van der Waals surface area contributed by atoms with Gasteiger partial charge in [-0.1, -0.05) is 0 Å². The van der Waals surface area contributed by atoms with Gasteiger partial charge >= 0.3 is 0 Å². The van der Waals surface area contributed by atoms with Gasteiger partial charge in [0.2, 0.25) is 0 Å². The van der Waals surface area contributed by atoms with Gasteiger partial charge in [-0.15, -0.1) is 0 Å². The van der Waals surface area contributed by atoms with E-state index in [4.69, 9.17) is 5.73 Å². The SMILES string of the molecule is CC(N)=CC(C)=NCCF. The standard InChI is InChI=1S/C7H13FN2/c1-6(9)5-7(2)10-4-3-8/h5H,3-4,9H2,1-2H3. The molecule has 0 atom stereocenters. The van der Waals surface area contributed by atoms with Gasteiger partial charge in [0.15, 0.2) is 0 Å². The first kappa shape index (κ1) is 9.14. The average molecular weight is 144 g/mol. The number of hydrogen-bond acceptors (Lipinski definition) is 2. The van der Waals surface area contributed by atoms with Crippen molar-refractivity contribution >= 4 is 5.71 Å². The first-order chi connectivity index (χ1) is 4.66. The molecule has 58 valence electrons. The van der Waals surface area contributed by atoms with E-state index >= 15 is 0 Å². The molecule has 0 unspecified atom stereocenters. The second-order valence-electron chi connectivity index (χ2n) is 2.10. The van der Waals surface area contributed by atoms with Gasteiger partial charge in [0.05, 0.1) is 6.54 Å². The van der Waals surface area contributed by atoms with Crippen molar-refractivity contribution in [2.75, 3.05) is 13.2 Å². The van der Waals surface area contributed by atoms with Gasteiger partial charge < -0.3 is 5.73 Å². The molecule has 2 nitrogen and oxygen atoms in total. The normalized spacial score (nSPS) is 13.9. The molecule has 0 aromatic carbocycles. The molecule has 0 fully saturated rings. The van der Waals surface area contributed by atoms with E-state index in [0.717, 1.165) is 5.71 Å². The molecule has 0 heterocycles. The van der Waals surface area contributed by atoms with E-state index < -0.39 is 6.67 Å². The zero-order chi connectivity index (χ0) is 7.98. The van der Waals surface area contributed by atoms with Crippen molar-refractivity contribution in [1.82, 2.24) is 0 Å². The number of nitrogens with zero attached hydrogens (tertiary/aromatic N) is 1. The van der Waals surface area contributed by atoms with Crippen molar-refractivity contribution in [3.05, 3.63) is 11.8 Å².